The van der Waals surface area contributed by atoms with E-state index in [0.717, 1.165) is 0 Å². The summed E-state index contributed by atoms with van der Waals surface area (Å²) in [6.07, 6.45) is 7.18. The van der Waals surface area contributed by atoms with Crippen LogP contribution in [0.5, 0.6) is 0 Å². The van der Waals surface area contributed by atoms with Crippen molar-refractivity contribution in [2.75, 3.05) is 0 Å². The summed E-state index contributed by atoms with van der Waals surface area (Å²) >= 11 is 0. The Morgan fingerprint density at radius 2 is 1.28 bits per heavy atom. The van der Waals surface area contributed by atoms with Crippen LogP contribution in [-0.4, -0.2) is 10.6 Å². The number of pyridine rings is 1. The molecule has 2 atom stereocenters. The minimum Gasteiger partial charge on any atom is -0.261 e. The van der Waals surface area contributed by atoms with Gasteiger partial charge in [0, 0.05) is 17.8 Å². The van der Waals surface area contributed by atoms with Gasteiger partial charge in [-0.3, -0.25) is 4.98 Å². The first kappa shape index (κ1) is 16.5. The van der Waals surface area contributed by atoms with Gasteiger partial charge < -0.3 is 0 Å². The number of hydrogen-bond acceptors (Lipinski definition) is 1. The number of hydrogen-bond donors (Lipinski definition) is 0. The summed E-state index contributed by atoms with van der Waals surface area (Å²) < 4.78 is 0. The molecule has 1 nitrogen and oxygen atoms in total. The van der Waals surface area contributed by atoms with Gasteiger partial charge in [-0.25, -0.2) is 0 Å². The summed E-state index contributed by atoms with van der Waals surface area (Å²) in [5, 5.41) is 2.99. The van der Waals surface area contributed by atoms with Gasteiger partial charge in [0.25, 0.3) is 0 Å². The summed E-state index contributed by atoms with van der Waals surface area (Å²) in [6, 6.07) is 28.7. The highest BCUT2D eigenvalue weighted by molar-refractivity contribution is 7.73. The van der Waals surface area contributed by atoms with Crippen molar-refractivity contribution in [2.45, 2.75) is 37.3 Å². The molecule has 4 rings (SSSR count). The highest BCUT2D eigenvalue weighted by Crippen LogP contribution is 2.51. The molecule has 0 bridgehead atoms. The van der Waals surface area contributed by atoms with Gasteiger partial charge in [-0.2, -0.15) is 0 Å². The predicted molar refractivity (Wildman–Crippen MR) is 108 cm³/mol. The molecule has 0 saturated heterocycles. The third-order valence-corrected chi connectivity index (χ3v) is 8.19. The molecule has 1 saturated carbocycles. The molecule has 126 valence electrons. The van der Waals surface area contributed by atoms with Gasteiger partial charge in [0.05, 0.1) is 0 Å². The molecule has 0 amide bonds. The van der Waals surface area contributed by atoms with Crippen molar-refractivity contribution in [3.63, 3.8) is 0 Å². The molecule has 0 radical (unpaired) electrons. The van der Waals surface area contributed by atoms with E-state index in [1.807, 2.05) is 12.3 Å². The van der Waals surface area contributed by atoms with Crippen molar-refractivity contribution in [1.29, 1.82) is 0 Å². The summed E-state index contributed by atoms with van der Waals surface area (Å²) in [5.74, 6) is 0.571. The molecule has 2 aromatic carbocycles. The van der Waals surface area contributed by atoms with Gasteiger partial charge in [-0.15, -0.1) is 0 Å². The van der Waals surface area contributed by atoms with Crippen LogP contribution in [0.3, 0.4) is 0 Å². The number of aromatic nitrogens is 1. The van der Waals surface area contributed by atoms with Crippen LogP contribution in [-0.2, 0) is 0 Å². The van der Waals surface area contributed by atoms with E-state index < -0.39 is 0 Å². The van der Waals surface area contributed by atoms with Crippen LogP contribution < -0.4 is 10.6 Å². The van der Waals surface area contributed by atoms with Crippen LogP contribution in [0.4, 0.5) is 0 Å². The predicted octanol–water partition coefficient (Wildman–Crippen LogP) is 5.24. The SMILES string of the molecule is c1ccc(P(c2ccccc2)[C@@H]2CCCC[C@H]2c2ccccn2)cc1. The van der Waals surface area contributed by atoms with Crippen LogP contribution >= 0.6 is 7.92 Å². The van der Waals surface area contributed by atoms with E-state index in [0.29, 0.717) is 11.6 Å². The molecule has 0 aliphatic heterocycles. The van der Waals surface area contributed by atoms with Crippen LogP contribution in [0.25, 0.3) is 0 Å². The summed E-state index contributed by atoms with van der Waals surface area (Å²) in [5.41, 5.74) is 1.95. The lowest BCUT2D eigenvalue weighted by Crippen LogP contribution is -2.30. The molecular formula is C23H24NP. The van der Waals surface area contributed by atoms with E-state index in [2.05, 4.69) is 72.8 Å². The first-order chi connectivity index (χ1) is 12.4. The fourth-order valence-electron chi connectivity index (χ4n) is 4.07. The van der Waals surface area contributed by atoms with E-state index in [9.17, 15) is 0 Å². The second kappa shape index (κ2) is 7.93. The lowest BCUT2D eigenvalue weighted by molar-refractivity contribution is 0.446. The normalized spacial score (nSPS) is 20.5. The van der Waals surface area contributed by atoms with Crippen LogP contribution in [0.1, 0.15) is 37.3 Å². The van der Waals surface area contributed by atoms with Crippen LogP contribution in [0.15, 0.2) is 85.1 Å². The summed E-state index contributed by atoms with van der Waals surface area (Å²) in [6.45, 7) is 0. The molecule has 1 aliphatic rings. The quantitative estimate of drug-likeness (QED) is 0.589. The topological polar surface area (TPSA) is 12.9 Å². The molecule has 1 aliphatic carbocycles. The zero-order chi connectivity index (χ0) is 16.9. The first-order valence-electron chi connectivity index (χ1n) is 9.24. The molecule has 25 heavy (non-hydrogen) atoms. The molecule has 3 aromatic rings. The second-order valence-corrected chi connectivity index (χ2v) is 9.19. The van der Waals surface area contributed by atoms with Gasteiger partial charge in [0.15, 0.2) is 0 Å². The third kappa shape index (κ3) is 3.67. The highest BCUT2D eigenvalue weighted by atomic mass is 31.1. The second-order valence-electron chi connectivity index (χ2n) is 6.75. The van der Waals surface area contributed by atoms with Crippen molar-refractivity contribution < 1.29 is 0 Å². The fraction of sp³-hybridized carbons (Fsp3) is 0.261. The van der Waals surface area contributed by atoms with Gasteiger partial charge >= 0.3 is 0 Å². The van der Waals surface area contributed by atoms with Gasteiger partial charge in [-0.1, -0.05) is 79.6 Å². The zero-order valence-electron chi connectivity index (χ0n) is 14.5. The van der Waals surface area contributed by atoms with Crippen LogP contribution in [0, 0.1) is 0 Å². The highest BCUT2D eigenvalue weighted by Gasteiger charge is 2.34. The lowest BCUT2D eigenvalue weighted by Gasteiger charge is -2.38. The average Bonchev–Trinajstić information content (AvgIpc) is 2.71. The zero-order valence-corrected chi connectivity index (χ0v) is 15.4. The number of rotatable bonds is 4. The Labute approximate surface area is 151 Å². The Balaban J connectivity index is 1.77. The largest absolute Gasteiger partial charge is 0.261 e. The van der Waals surface area contributed by atoms with Crippen molar-refractivity contribution >= 4 is 18.5 Å². The summed E-state index contributed by atoms with van der Waals surface area (Å²) in [7, 11) is -0.372. The molecule has 1 heterocycles. The maximum Gasteiger partial charge on any atom is 0.0441 e. The van der Waals surface area contributed by atoms with Crippen molar-refractivity contribution in [1.82, 2.24) is 4.98 Å². The van der Waals surface area contributed by atoms with Gasteiger partial charge in [0.2, 0.25) is 0 Å². The maximum absolute atomic E-state index is 4.73. The van der Waals surface area contributed by atoms with E-state index in [4.69, 9.17) is 4.98 Å². The van der Waals surface area contributed by atoms with E-state index in [1.54, 1.807) is 0 Å². The minimum absolute atomic E-state index is 0.372. The number of benzene rings is 2. The van der Waals surface area contributed by atoms with E-state index in [1.165, 1.54) is 42.0 Å². The van der Waals surface area contributed by atoms with Gasteiger partial charge in [0.1, 0.15) is 0 Å². The Kier molecular flexibility index (Phi) is 5.23. The molecular weight excluding hydrogens is 321 g/mol. The minimum atomic E-state index is -0.372. The molecule has 0 N–H and O–H groups in total. The fourth-order valence-corrected chi connectivity index (χ4v) is 7.22. The molecule has 2 heteroatoms. The van der Waals surface area contributed by atoms with Crippen LogP contribution in [0.2, 0.25) is 0 Å². The summed E-state index contributed by atoms with van der Waals surface area (Å²) in [4.78, 5) is 4.73. The monoisotopic (exact) mass is 345 g/mol. The van der Waals surface area contributed by atoms with Crippen molar-refractivity contribution in [3.8, 4) is 0 Å². The smallest absolute Gasteiger partial charge is 0.0441 e. The molecule has 0 spiro atoms. The lowest BCUT2D eigenvalue weighted by atomic mass is 9.86. The van der Waals surface area contributed by atoms with Gasteiger partial charge in [-0.05, 0) is 49.2 Å². The molecule has 1 aromatic heterocycles. The van der Waals surface area contributed by atoms with E-state index in [-0.39, 0.29) is 7.92 Å². The van der Waals surface area contributed by atoms with Crippen molar-refractivity contribution in [3.05, 3.63) is 90.8 Å². The number of nitrogens with zero attached hydrogens (tertiary/aromatic N) is 1. The maximum atomic E-state index is 4.73. The standard InChI is InChI=1S/C23H24NP/c1-3-11-19(12-4-1)25(20-13-5-2-6-14-20)23-17-8-7-15-21(23)22-16-9-10-18-24-22/h1-6,9-14,16,18,21,23H,7-8,15,17H2/t21-,23+/m0/s1. The van der Waals surface area contributed by atoms with E-state index >= 15 is 0 Å². The Morgan fingerprint density at radius 3 is 1.88 bits per heavy atom. The Hall–Kier alpha value is -1.98. The van der Waals surface area contributed by atoms with Crippen molar-refractivity contribution in [2.24, 2.45) is 0 Å². The molecule has 1 fully saturated rings. The Morgan fingerprint density at radius 1 is 0.680 bits per heavy atom. The molecule has 0 unspecified atom stereocenters. The third-order valence-electron chi connectivity index (χ3n) is 5.20. The average molecular weight is 345 g/mol. The first-order valence-corrected chi connectivity index (χ1v) is 10.6. The Bertz CT molecular complexity index is 733.